The molecule has 0 spiro atoms. The van der Waals surface area contributed by atoms with Gasteiger partial charge in [0.1, 0.15) is 0 Å². The molecule has 0 bridgehead atoms. The van der Waals surface area contributed by atoms with Crippen molar-refractivity contribution in [3.05, 3.63) is 22.8 Å². The molecule has 0 aromatic carbocycles. The van der Waals surface area contributed by atoms with E-state index in [9.17, 15) is 15.0 Å². The van der Waals surface area contributed by atoms with E-state index >= 15 is 0 Å². The highest BCUT2D eigenvalue weighted by molar-refractivity contribution is 6.01. The molecular formula is C15H22O3. The van der Waals surface area contributed by atoms with Crippen LogP contribution in [0.15, 0.2) is 22.8 Å². The van der Waals surface area contributed by atoms with Gasteiger partial charge in [-0.05, 0) is 50.7 Å². The Bertz CT molecular complexity index is 447. The van der Waals surface area contributed by atoms with E-state index in [0.29, 0.717) is 24.8 Å². The lowest BCUT2D eigenvalue weighted by atomic mass is 9.87. The zero-order valence-corrected chi connectivity index (χ0v) is 11.6. The molecule has 2 rings (SSSR count). The average Bonchev–Trinajstić information content (AvgIpc) is 2.38. The summed E-state index contributed by atoms with van der Waals surface area (Å²) in [4.78, 5) is 12.0. The van der Waals surface area contributed by atoms with E-state index in [0.717, 1.165) is 11.1 Å². The Balaban J connectivity index is 2.55. The second kappa shape index (κ2) is 4.04. The standard InChI is InChI=1S/C15H22O3/c1-9-7-12(16)13-11(9)8-10(14(2,3)17)5-6-15(13,4)18/h8-9,17-18H,5-7H2,1-4H3/t9-,15-/m1/s1. The highest BCUT2D eigenvalue weighted by Gasteiger charge is 2.41. The van der Waals surface area contributed by atoms with Gasteiger partial charge in [0.15, 0.2) is 5.78 Å². The Hall–Kier alpha value is -0.930. The summed E-state index contributed by atoms with van der Waals surface area (Å²) in [7, 11) is 0. The molecule has 0 saturated heterocycles. The largest absolute Gasteiger partial charge is 0.386 e. The van der Waals surface area contributed by atoms with Crippen LogP contribution in [0.2, 0.25) is 0 Å². The van der Waals surface area contributed by atoms with E-state index in [4.69, 9.17) is 0 Å². The summed E-state index contributed by atoms with van der Waals surface area (Å²) in [6, 6.07) is 0. The quantitative estimate of drug-likeness (QED) is 0.749. The highest BCUT2D eigenvalue weighted by Crippen LogP contribution is 2.43. The third-order valence-corrected chi connectivity index (χ3v) is 4.13. The van der Waals surface area contributed by atoms with Crippen molar-refractivity contribution in [1.29, 1.82) is 0 Å². The Morgan fingerprint density at radius 1 is 1.44 bits per heavy atom. The molecule has 0 saturated carbocycles. The monoisotopic (exact) mass is 250 g/mol. The summed E-state index contributed by atoms with van der Waals surface area (Å²) < 4.78 is 0. The molecule has 3 nitrogen and oxygen atoms in total. The number of Topliss-reactive ketones (excluding diaryl/α,β-unsaturated/α-hetero) is 1. The maximum Gasteiger partial charge on any atom is 0.162 e. The molecule has 0 aliphatic heterocycles. The van der Waals surface area contributed by atoms with Crippen LogP contribution in [0.5, 0.6) is 0 Å². The summed E-state index contributed by atoms with van der Waals surface area (Å²) in [5.41, 5.74) is 0.410. The third-order valence-electron chi connectivity index (χ3n) is 4.13. The summed E-state index contributed by atoms with van der Waals surface area (Å²) in [5.74, 6) is 0.185. The Morgan fingerprint density at radius 2 is 2.06 bits per heavy atom. The number of ketones is 1. The van der Waals surface area contributed by atoms with Crippen LogP contribution in [0.1, 0.15) is 47.0 Å². The van der Waals surface area contributed by atoms with Gasteiger partial charge in [0.25, 0.3) is 0 Å². The van der Waals surface area contributed by atoms with Crippen LogP contribution in [0.4, 0.5) is 0 Å². The van der Waals surface area contributed by atoms with Crippen molar-refractivity contribution in [1.82, 2.24) is 0 Å². The molecule has 0 amide bonds. The first-order valence-electron chi connectivity index (χ1n) is 6.56. The van der Waals surface area contributed by atoms with Crippen molar-refractivity contribution >= 4 is 5.78 Å². The Labute approximate surface area is 108 Å². The molecule has 0 unspecified atom stereocenters. The normalized spacial score (nSPS) is 33.3. The van der Waals surface area contributed by atoms with Gasteiger partial charge in [-0.25, -0.2) is 0 Å². The maximum atomic E-state index is 12.0. The van der Waals surface area contributed by atoms with Crippen molar-refractivity contribution in [3.63, 3.8) is 0 Å². The lowest BCUT2D eigenvalue weighted by molar-refractivity contribution is -0.117. The molecule has 3 heteroatoms. The number of carbonyl (C=O) groups excluding carboxylic acids is 1. The second-order valence-electron chi connectivity index (χ2n) is 6.36. The first kappa shape index (κ1) is 13.5. The average molecular weight is 250 g/mol. The summed E-state index contributed by atoms with van der Waals surface area (Å²) in [6.07, 6.45) is 3.51. The number of carbonyl (C=O) groups is 1. The van der Waals surface area contributed by atoms with Crippen LogP contribution < -0.4 is 0 Å². The van der Waals surface area contributed by atoms with Crippen LogP contribution in [-0.2, 0) is 4.79 Å². The van der Waals surface area contributed by atoms with Gasteiger partial charge in [-0.3, -0.25) is 4.79 Å². The zero-order valence-electron chi connectivity index (χ0n) is 11.6. The number of rotatable bonds is 1. The minimum Gasteiger partial charge on any atom is -0.386 e. The number of hydrogen-bond donors (Lipinski definition) is 2. The molecule has 0 heterocycles. The smallest absolute Gasteiger partial charge is 0.162 e. The minimum absolute atomic E-state index is 0.0516. The van der Waals surface area contributed by atoms with E-state index in [-0.39, 0.29) is 11.7 Å². The zero-order chi connectivity index (χ0) is 13.7. The van der Waals surface area contributed by atoms with Crippen LogP contribution in [-0.4, -0.2) is 27.2 Å². The molecule has 2 aliphatic carbocycles. The molecule has 18 heavy (non-hydrogen) atoms. The Kier molecular flexibility index (Phi) is 3.03. The van der Waals surface area contributed by atoms with E-state index < -0.39 is 11.2 Å². The fraction of sp³-hybridized carbons (Fsp3) is 0.667. The van der Waals surface area contributed by atoms with Gasteiger partial charge in [0.2, 0.25) is 0 Å². The number of allylic oxidation sites excluding steroid dienone is 2. The van der Waals surface area contributed by atoms with E-state index in [1.165, 1.54) is 0 Å². The molecule has 2 aliphatic rings. The number of aliphatic hydroxyl groups is 2. The maximum absolute atomic E-state index is 12.0. The van der Waals surface area contributed by atoms with E-state index in [1.54, 1.807) is 20.8 Å². The number of hydrogen-bond acceptors (Lipinski definition) is 3. The molecule has 0 aromatic heterocycles. The summed E-state index contributed by atoms with van der Waals surface area (Å²) in [5, 5.41) is 20.7. The molecule has 0 fully saturated rings. The van der Waals surface area contributed by atoms with Crippen molar-refractivity contribution in [2.45, 2.75) is 58.2 Å². The summed E-state index contributed by atoms with van der Waals surface area (Å²) >= 11 is 0. The lowest BCUT2D eigenvalue weighted by Gasteiger charge is -2.25. The molecular weight excluding hydrogens is 228 g/mol. The topological polar surface area (TPSA) is 57.5 Å². The molecule has 0 aromatic rings. The van der Waals surface area contributed by atoms with Crippen molar-refractivity contribution < 1.29 is 15.0 Å². The molecule has 100 valence electrons. The molecule has 2 atom stereocenters. The predicted molar refractivity (Wildman–Crippen MR) is 70.1 cm³/mol. The molecule has 2 N–H and O–H groups in total. The van der Waals surface area contributed by atoms with Crippen LogP contribution in [0.25, 0.3) is 0 Å². The first-order valence-corrected chi connectivity index (χ1v) is 6.56. The highest BCUT2D eigenvalue weighted by atomic mass is 16.3. The first-order chi connectivity index (χ1) is 8.13. The third kappa shape index (κ3) is 2.17. The van der Waals surface area contributed by atoms with Gasteiger partial charge < -0.3 is 10.2 Å². The lowest BCUT2D eigenvalue weighted by Crippen LogP contribution is -2.30. The van der Waals surface area contributed by atoms with Crippen LogP contribution >= 0.6 is 0 Å². The fourth-order valence-corrected chi connectivity index (χ4v) is 2.97. The van der Waals surface area contributed by atoms with Gasteiger partial charge in [0, 0.05) is 12.0 Å². The van der Waals surface area contributed by atoms with Crippen LogP contribution in [0, 0.1) is 5.92 Å². The predicted octanol–water partition coefficient (Wildman–Crippen LogP) is 2.13. The van der Waals surface area contributed by atoms with Crippen molar-refractivity contribution in [2.75, 3.05) is 0 Å². The molecule has 0 radical (unpaired) electrons. The minimum atomic E-state index is -1.07. The van der Waals surface area contributed by atoms with Gasteiger partial charge in [-0.1, -0.05) is 13.0 Å². The van der Waals surface area contributed by atoms with Gasteiger partial charge in [-0.15, -0.1) is 0 Å². The Morgan fingerprint density at radius 3 is 2.61 bits per heavy atom. The van der Waals surface area contributed by atoms with Crippen LogP contribution in [0.3, 0.4) is 0 Å². The van der Waals surface area contributed by atoms with Crippen molar-refractivity contribution in [2.24, 2.45) is 5.92 Å². The SMILES string of the molecule is C[C@@H]1CC(=O)C2=C1C=C(C(C)(C)O)CC[C@@]2(C)O. The fourth-order valence-electron chi connectivity index (χ4n) is 2.97. The van der Waals surface area contributed by atoms with E-state index in [2.05, 4.69) is 0 Å². The van der Waals surface area contributed by atoms with Crippen molar-refractivity contribution in [3.8, 4) is 0 Å². The van der Waals surface area contributed by atoms with Gasteiger partial charge in [-0.2, -0.15) is 0 Å². The van der Waals surface area contributed by atoms with E-state index in [1.807, 2.05) is 13.0 Å². The van der Waals surface area contributed by atoms with Gasteiger partial charge in [0.05, 0.1) is 11.2 Å². The second-order valence-corrected chi connectivity index (χ2v) is 6.36. The van der Waals surface area contributed by atoms with Gasteiger partial charge >= 0.3 is 0 Å². The summed E-state index contributed by atoms with van der Waals surface area (Å²) in [6.45, 7) is 7.21.